The van der Waals surface area contributed by atoms with Crippen molar-refractivity contribution >= 4 is 23.2 Å². The first kappa shape index (κ1) is 15.5. The van der Waals surface area contributed by atoms with E-state index in [1.54, 1.807) is 24.3 Å². The summed E-state index contributed by atoms with van der Waals surface area (Å²) in [5, 5.41) is 3.46. The smallest absolute Gasteiger partial charge is 0.232 e. The molecule has 0 radical (unpaired) electrons. The summed E-state index contributed by atoms with van der Waals surface area (Å²) in [4.78, 5) is 12.5. The van der Waals surface area contributed by atoms with E-state index in [0.29, 0.717) is 10.7 Å². The average molecular weight is 306 g/mol. The van der Waals surface area contributed by atoms with Crippen LogP contribution in [0.25, 0.3) is 0 Å². The molecule has 0 aliphatic heterocycles. The highest BCUT2D eigenvalue weighted by Crippen LogP contribution is 2.27. The Morgan fingerprint density at radius 1 is 1.05 bits per heavy atom. The van der Waals surface area contributed by atoms with Crippen molar-refractivity contribution in [1.82, 2.24) is 0 Å². The highest BCUT2D eigenvalue weighted by atomic mass is 35.5. The second-order valence-electron chi connectivity index (χ2n) is 5.27. The lowest BCUT2D eigenvalue weighted by Gasteiger charge is -2.21. The van der Waals surface area contributed by atoms with Crippen molar-refractivity contribution in [1.29, 1.82) is 0 Å². The number of hydrogen-bond acceptors (Lipinski definition) is 1. The minimum Gasteiger partial charge on any atom is -0.326 e. The minimum atomic E-state index is -0.328. The van der Waals surface area contributed by atoms with Gasteiger partial charge in [-0.05, 0) is 47.9 Å². The predicted molar refractivity (Wildman–Crippen MR) is 84.1 cm³/mol. The minimum absolute atomic E-state index is 0.112. The quantitative estimate of drug-likeness (QED) is 0.859. The SMILES string of the molecule is CC(C)[C@H](C(=O)Nc1ccc(F)cc1)c1ccc(Cl)cc1. The van der Waals surface area contributed by atoms with Crippen LogP contribution < -0.4 is 5.32 Å². The number of hydrogen-bond donors (Lipinski definition) is 1. The number of anilines is 1. The molecule has 0 unspecified atom stereocenters. The van der Waals surface area contributed by atoms with E-state index < -0.39 is 0 Å². The van der Waals surface area contributed by atoms with E-state index in [0.717, 1.165) is 5.56 Å². The molecule has 2 aromatic carbocycles. The third-order valence-electron chi connectivity index (χ3n) is 3.29. The summed E-state index contributed by atoms with van der Waals surface area (Å²) in [6.07, 6.45) is 0. The van der Waals surface area contributed by atoms with Crippen molar-refractivity contribution in [2.24, 2.45) is 5.92 Å². The third kappa shape index (κ3) is 4.05. The van der Waals surface area contributed by atoms with Gasteiger partial charge >= 0.3 is 0 Å². The molecule has 21 heavy (non-hydrogen) atoms. The zero-order valence-corrected chi connectivity index (χ0v) is 12.7. The molecule has 4 heteroatoms. The highest BCUT2D eigenvalue weighted by molar-refractivity contribution is 6.30. The Hall–Kier alpha value is -1.87. The van der Waals surface area contributed by atoms with E-state index in [1.807, 2.05) is 26.0 Å². The van der Waals surface area contributed by atoms with Crippen LogP contribution in [0.5, 0.6) is 0 Å². The standard InChI is InChI=1S/C17H17ClFNO/c1-11(2)16(12-3-5-13(18)6-4-12)17(21)20-15-9-7-14(19)8-10-15/h3-11,16H,1-2H3,(H,20,21)/t16-/m0/s1. The molecule has 0 bridgehead atoms. The molecule has 2 rings (SSSR count). The monoisotopic (exact) mass is 305 g/mol. The lowest BCUT2D eigenvalue weighted by atomic mass is 9.87. The zero-order valence-electron chi connectivity index (χ0n) is 11.9. The number of nitrogens with one attached hydrogen (secondary N) is 1. The number of carbonyl (C=O) groups is 1. The number of benzene rings is 2. The lowest BCUT2D eigenvalue weighted by molar-refractivity contribution is -0.118. The number of rotatable bonds is 4. The summed E-state index contributed by atoms with van der Waals surface area (Å²) >= 11 is 5.88. The number of carbonyl (C=O) groups excluding carboxylic acids is 1. The van der Waals surface area contributed by atoms with E-state index >= 15 is 0 Å². The fourth-order valence-corrected chi connectivity index (χ4v) is 2.39. The van der Waals surface area contributed by atoms with E-state index in [-0.39, 0.29) is 23.6 Å². The average Bonchev–Trinajstić information content (AvgIpc) is 2.43. The topological polar surface area (TPSA) is 29.1 Å². The molecule has 1 N–H and O–H groups in total. The van der Waals surface area contributed by atoms with Gasteiger partial charge in [-0.2, -0.15) is 0 Å². The number of amides is 1. The van der Waals surface area contributed by atoms with Gasteiger partial charge in [-0.3, -0.25) is 4.79 Å². The van der Waals surface area contributed by atoms with Gasteiger partial charge in [0.05, 0.1) is 5.92 Å². The molecule has 2 nitrogen and oxygen atoms in total. The molecule has 110 valence electrons. The van der Waals surface area contributed by atoms with Crippen molar-refractivity contribution in [3.05, 3.63) is 64.9 Å². The van der Waals surface area contributed by atoms with E-state index in [9.17, 15) is 9.18 Å². The summed E-state index contributed by atoms with van der Waals surface area (Å²) in [6.45, 7) is 3.98. The van der Waals surface area contributed by atoms with Gasteiger partial charge in [-0.1, -0.05) is 37.6 Å². The molecule has 0 saturated carbocycles. The van der Waals surface area contributed by atoms with Gasteiger partial charge < -0.3 is 5.32 Å². The maximum Gasteiger partial charge on any atom is 0.232 e. The third-order valence-corrected chi connectivity index (χ3v) is 3.54. The molecule has 1 atom stereocenters. The summed E-state index contributed by atoms with van der Waals surface area (Å²) in [5.41, 5.74) is 1.50. The van der Waals surface area contributed by atoms with Crippen LogP contribution in [0.2, 0.25) is 5.02 Å². The number of halogens is 2. The van der Waals surface area contributed by atoms with Crippen LogP contribution in [0.4, 0.5) is 10.1 Å². The Morgan fingerprint density at radius 2 is 1.62 bits per heavy atom. The second-order valence-corrected chi connectivity index (χ2v) is 5.71. The van der Waals surface area contributed by atoms with Gasteiger partial charge in [-0.15, -0.1) is 0 Å². The molecule has 0 fully saturated rings. The van der Waals surface area contributed by atoms with E-state index in [4.69, 9.17) is 11.6 Å². The molecule has 0 aliphatic rings. The Balaban J connectivity index is 2.19. The van der Waals surface area contributed by atoms with Crippen LogP contribution in [-0.4, -0.2) is 5.91 Å². The Morgan fingerprint density at radius 3 is 2.14 bits per heavy atom. The predicted octanol–water partition coefficient (Wildman–Crippen LogP) is 4.86. The molecule has 0 spiro atoms. The van der Waals surface area contributed by atoms with Crippen molar-refractivity contribution in [2.75, 3.05) is 5.32 Å². The Bertz CT molecular complexity index is 608. The molecular weight excluding hydrogens is 289 g/mol. The van der Waals surface area contributed by atoms with Crippen molar-refractivity contribution in [2.45, 2.75) is 19.8 Å². The second kappa shape index (κ2) is 6.72. The van der Waals surface area contributed by atoms with Crippen LogP contribution in [0.3, 0.4) is 0 Å². The Kier molecular flexibility index (Phi) is 4.97. The largest absolute Gasteiger partial charge is 0.326 e. The fourth-order valence-electron chi connectivity index (χ4n) is 2.26. The van der Waals surface area contributed by atoms with Crippen molar-refractivity contribution in [3.8, 4) is 0 Å². The summed E-state index contributed by atoms with van der Waals surface area (Å²) in [5.74, 6) is -0.594. The molecular formula is C17H17ClFNO. The van der Waals surface area contributed by atoms with Crippen molar-refractivity contribution < 1.29 is 9.18 Å². The first-order chi connectivity index (χ1) is 9.97. The summed E-state index contributed by atoms with van der Waals surface area (Å²) in [7, 11) is 0. The summed E-state index contributed by atoms with van der Waals surface area (Å²) in [6, 6.07) is 13.0. The van der Waals surface area contributed by atoms with Crippen LogP contribution >= 0.6 is 11.6 Å². The molecule has 0 aromatic heterocycles. The normalized spacial score (nSPS) is 12.2. The van der Waals surface area contributed by atoms with Gasteiger partial charge in [0.2, 0.25) is 5.91 Å². The van der Waals surface area contributed by atoms with Gasteiger partial charge in [-0.25, -0.2) is 4.39 Å². The molecule has 1 amide bonds. The van der Waals surface area contributed by atoms with Crippen LogP contribution in [0.1, 0.15) is 25.3 Å². The molecule has 0 aliphatic carbocycles. The van der Waals surface area contributed by atoms with Gasteiger partial charge in [0.15, 0.2) is 0 Å². The lowest BCUT2D eigenvalue weighted by Crippen LogP contribution is -2.25. The van der Waals surface area contributed by atoms with Gasteiger partial charge in [0.25, 0.3) is 0 Å². The van der Waals surface area contributed by atoms with Crippen LogP contribution in [0.15, 0.2) is 48.5 Å². The van der Waals surface area contributed by atoms with Crippen molar-refractivity contribution in [3.63, 3.8) is 0 Å². The fraction of sp³-hybridized carbons (Fsp3) is 0.235. The van der Waals surface area contributed by atoms with Crippen LogP contribution in [0, 0.1) is 11.7 Å². The maximum atomic E-state index is 12.9. The molecule has 2 aromatic rings. The van der Waals surface area contributed by atoms with Gasteiger partial charge in [0, 0.05) is 10.7 Å². The first-order valence-electron chi connectivity index (χ1n) is 6.79. The van der Waals surface area contributed by atoms with E-state index in [1.165, 1.54) is 12.1 Å². The molecule has 0 saturated heterocycles. The van der Waals surface area contributed by atoms with Crippen LogP contribution in [-0.2, 0) is 4.79 Å². The maximum absolute atomic E-state index is 12.9. The van der Waals surface area contributed by atoms with E-state index in [2.05, 4.69) is 5.32 Å². The Labute approximate surface area is 128 Å². The summed E-state index contributed by atoms with van der Waals surface area (Å²) < 4.78 is 12.9. The zero-order chi connectivity index (χ0) is 15.4. The first-order valence-corrected chi connectivity index (χ1v) is 7.17. The molecule has 0 heterocycles. The van der Waals surface area contributed by atoms with Gasteiger partial charge in [0.1, 0.15) is 5.82 Å². The highest BCUT2D eigenvalue weighted by Gasteiger charge is 2.24.